The number of para-hydroxylation sites is 2. The van der Waals surface area contributed by atoms with Crippen molar-refractivity contribution in [2.45, 2.75) is 25.3 Å². The predicted octanol–water partition coefficient (Wildman–Crippen LogP) is 3.70. The van der Waals surface area contributed by atoms with Gasteiger partial charge in [0.15, 0.2) is 22.9 Å². The van der Waals surface area contributed by atoms with Crippen LogP contribution >= 0.6 is 0 Å². The highest BCUT2D eigenvalue weighted by Gasteiger charge is 2.29. The lowest BCUT2D eigenvalue weighted by Crippen LogP contribution is -2.25. The van der Waals surface area contributed by atoms with Crippen LogP contribution < -0.4 is 15.6 Å². The molecule has 182 valence electrons. The first-order valence-corrected chi connectivity index (χ1v) is 11.8. The third kappa shape index (κ3) is 3.29. The van der Waals surface area contributed by atoms with Gasteiger partial charge in [0.25, 0.3) is 11.5 Å². The monoisotopic (exact) mass is 484 g/mol. The molecule has 0 radical (unpaired) electrons. The predicted molar refractivity (Wildman–Crippen MR) is 134 cm³/mol. The Morgan fingerprint density at radius 1 is 1.08 bits per heavy atom. The number of benzene rings is 2. The Morgan fingerprint density at radius 2 is 1.89 bits per heavy atom. The number of imidazole rings is 1. The minimum atomic E-state index is -0.377. The van der Waals surface area contributed by atoms with Crippen molar-refractivity contribution in [2.75, 3.05) is 14.2 Å². The lowest BCUT2D eigenvalue weighted by molar-refractivity contribution is 0.0963. The van der Waals surface area contributed by atoms with E-state index >= 15 is 0 Å². The van der Waals surface area contributed by atoms with E-state index in [4.69, 9.17) is 19.1 Å². The Labute approximate surface area is 205 Å². The highest BCUT2D eigenvalue weighted by atomic mass is 16.5. The summed E-state index contributed by atoms with van der Waals surface area (Å²) in [6.07, 6.45) is 3.05. The van der Waals surface area contributed by atoms with Gasteiger partial charge in [-0.3, -0.25) is 14.2 Å². The summed E-state index contributed by atoms with van der Waals surface area (Å²) in [7, 11) is 4.67. The number of nitrogens with zero attached hydrogens (tertiary/aromatic N) is 5. The molecular formula is C26H24N6O4. The maximum atomic E-state index is 13.4. The number of fused-ring (bicyclic) bond motifs is 2. The molecule has 1 saturated carbocycles. The van der Waals surface area contributed by atoms with Gasteiger partial charge in [0.05, 0.1) is 18.1 Å². The maximum Gasteiger partial charge on any atom is 0.296 e. The summed E-state index contributed by atoms with van der Waals surface area (Å²) >= 11 is 0. The van der Waals surface area contributed by atoms with Crippen LogP contribution in [0.4, 0.5) is 0 Å². The van der Waals surface area contributed by atoms with Crippen molar-refractivity contribution in [3.05, 3.63) is 58.4 Å². The molecule has 3 heterocycles. The van der Waals surface area contributed by atoms with E-state index < -0.39 is 0 Å². The summed E-state index contributed by atoms with van der Waals surface area (Å²) in [6, 6.07) is 12.9. The number of ether oxygens (including phenoxy) is 1. The second-order valence-electron chi connectivity index (χ2n) is 8.84. The Hall–Kier alpha value is -4.47. The minimum absolute atomic E-state index is 0.0426. The summed E-state index contributed by atoms with van der Waals surface area (Å²) < 4.78 is 14.9. The zero-order valence-electron chi connectivity index (χ0n) is 20.1. The molecule has 0 unspecified atom stereocenters. The van der Waals surface area contributed by atoms with Crippen molar-refractivity contribution in [1.29, 1.82) is 0 Å². The average Bonchev–Trinajstić information content (AvgIpc) is 3.45. The van der Waals surface area contributed by atoms with Crippen molar-refractivity contribution in [2.24, 2.45) is 7.05 Å². The number of methoxy groups -OCH3 is 1. The van der Waals surface area contributed by atoms with E-state index in [1.54, 1.807) is 26.2 Å². The van der Waals surface area contributed by atoms with Gasteiger partial charge in [-0.1, -0.05) is 12.1 Å². The van der Waals surface area contributed by atoms with E-state index in [0.29, 0.717) is 28.3 Å². The third-order valence-electron chi connectivity index (χ3n) is 6.77. The summed E-state index contributed by atoms with van der Waals surface area (Å²) in [5.74, 6) is 0.972. The van der Waals surface area contributed by atoms with Gasteiger partial charge >= 0.3 is 0 Å². The number of carbonyl (C=O) groups excluding carboxylic acids is 1. The summed E-state index contributed by atoms with van der Waals surface area (Å²) in [5.41, 5.74) is 3.16. The Morgan fingerprint density at radius 3 is 2.58 bits per heavy atom. The number of carbonyl (C=O) groups is 1. The quantitative estimate of drug-likeness (QED) is 0.404. The molecule has 36 heavy (non-hydrogen) atoms. The van der Waals surface area contributed by atoms with Crippen molar-refractivity contribution in [3.8, 4) is 29.0 Å². The fourth-order valence-electron chi connectivity index (χ4n) is 4.63. The highest BCUT2D eigenvalue weighted by Crippen LogP contribution is 2.39. The van der Waals surface area contributed by atoms with Crippen LogP contribution in [0.2, 0.25) is 0 Å². The van der Waals surface area contributed by atoms with E-state index in [2.05, 4.69) is 14.9 Å². The Balaban J connectivity index is 1.62. The molecule has 10 heteroatoms. The lowest BCUT2D eigenvalue weighted by Gasteiger charge is -2.29. The molecule has 1 aliphatic rings. The highest BCUT2D eigenvalue weighted by molar-refractivity contribution is 5.97. The Kier molecular flexibility index (Phi) is 5.10. The zero-order chi connectivity index (χ0) is 25.0. The van der Waals surface area contributed by atoms with Gasteiger partial charge in [-0.2, -0.15) is 0 Å². The van der Waals surface area contributed by atoms with E-state index in [1.807, 2.05) is 30.3 Å². The SMILES string of the molecule is CNC(=O)c1ccc2nc(-c3nc(-c4nc5ccccc5o4)c(OC)c(=O)n3C)n(C3CCC3)c2c1. The lowest BCUT2D eigenvalue weighted by atomic mass is 9.92. The van der Waals surface area contributed by atoms with Crippen LogP contribution in [-0.2, 0) is 7.05 Å². The zero-order valence-corrected chi connectivity index (χ0v) is 20.1. The molecule has 1 fully saturated rings. The van der Waals surface area contributed by atoms with Crippen LogP contribution in [0.25, 0.3) is 45.4 Å². The van der Waals surface area contributed by atoms with Crippen molar-refractivity contribution < 1.29 is 13.9 Å². The first-order valence-electron chi connectivity index (χ1n) is 11.8. The molecule has 0 spiro atoms. The molecule has 1 aliphatic carbocycles. The smallest absolute Gasteiger partial charge is 0.296 e. The van der Waals surface area contributed by atoms with Crippen LogP contribution in [0.3, 0.4) is 0 Å². The first kappa shape index (κ1) is 22.0. The van der Waals surface area contributed by atoms with Crippen LogP contribution in [0.15, 0.2) is 51.7 Å². The van der Waals surface area contributed by atoms with E-state index in [1.165, 1.54) is 11.7 Å². The van der Waals surface area contributed by atoms with Gasteiger partial charge in [0, 0.05) is 25.7 Å². The summed E-state index contributed by atoms with van der Waals surface area (Å²) in [5, 5.41) is 2.67. The molecule has 0 aliphatic heterocycles. The number of amides is 1. The molecule has 10 nitrogen and oxygen atoms in total. The largest absolute Gasteiger partial charge is 0.489 e. The number of rotatable bonds is 5. The molecule has 2 aromatic carbocycles. The van der Waals surface area contributed by atoms with E-state index in [9.17, 15) is 9.59 Å². The van der Waals surface area contributed by atoms with Crippen LogP contribution in [0.5, 0.6) is 5.75 Å². The van der Waals surface area contributed by atoms with Gasteiger partial charge in [0.1, 0.15) is 5.52 Å². The third-order valence-corrected chi connectivity index (χ3v) is 6.77. The molecule has 3 aromatic heterocycles. The molecular weight excluding hydrogens is 460 g/mol. The molecule has 0 saturated heterocycles. The second kappa shape index (κ2) is 8.33. The molecule has 0 bridgehead atoms. The van der Waals surface area contributed by atoms with Gasteiger partial charge < -0.3 is 19.0 Å². The van der Waals surface area contributed by atoms with Crippen molar-refractivity contribution >= 4 is 28.0 Å². The first-order chi connectivity index (χ1) is 17.5. The minimum Gasteiger partial charge on any atom is -0.489 e. The molecule has 1 amide bonds. The number of aromatic nitrogens is 5. The summed E-state index contributed by atoms with van der Waals surface area (Å²) in [6.45, 7) is 0. The fraction of sp³-hybridized carbons (Fsp3) is 0.269. The number of hydrogen-bond donors (Lipinski definition) is 1. The molecule has 1 N–H and O–H groups in total. The molecule has 0 atom stereocenters. The maximum absolute atomic E-state index is 13.4. The standard InChI is InChI=1S/C26H24N6O4/c1-27-24(33)14-11-12-16-18(13-14)32(15-7-6-8-15)23(28-16)22-30-20(21(35-3)26(34)31(22)2)25-29-17-9-4-5-10-19(17)36-25/h4-5,9-13,15H,6-8H2,1-3H3,(H,27,33). The number of hydrogen-bond acceptors (Lipinski definition) is 7. The van der Waals surface area contributed by atoms with Gasteiger partial charge in [-0.05, 0) is 49.6 Å². The van der Waals surface area contributed by atoms with Crippen molar-refractivity contribution in [3.63, 3.8) is 0 Å². The van der Waals surface area contributed by atoms with E-state index in [-0.39, 0.29) is 34.8 Å². The van der Waals surface area contributed by atoms with Gasteiger partial charge in [-0.15, -0.1) is 0 Å². The van der Waals surface area contributed by atoms with Crippen molar-refractivity contribution in [1.82, 2.24) is 29.4 Å². The number of oxazole rings is 1. The van der Waals surface area contributed by atoms with E-state index in [0.717, 1.165) is 30.3 Å². The Bertz CT molecular complexity index is 1680. The fourth-order valence-corrected chi connectivity index (χ4v) is 4.63. The average molecular weight is 485 g/mol. The van der Waals surface area contributed by atoms with Gasteiger partial charge in [0.2, 0.25) is 11.6 Å². The number of nitrogens with one attached hydrogen (secondary N) is 1. The normalized spacial score (nSPS) is 13.8. The second-order valence-corrected chi connectivity index (χ2v) is 8.84. The topological polar surface area (TPSA) is 117 Å². The van der Waals surface area contributed by atoms with Crippen LogP contribution in [0.1, 0.15) is 35.7 Å². The summed E-state index contributed by atoms with van der Waals surface area (Å²) in [4.78, 5) is 39.9. The molecule has 5 aromatic rings. The van der Waals surface area contributed by atoms with Gasteiger partial charge in [-0.25, -0.2) is 15.0 Å². The van der Waals surface area contributed by atoms with Crippen LogP contribution in [0, 0.1) is 0 Å². The van der Waals surface area contributed by atoms with Crippen LogP contribution in [-0.4, -0.2) is 44.2 Å². The molecule has 6 rings (SSSR count).